The molecule has 0 N–H and O–H groups in total. The number of amides is 3. The zero-order valence-electron chi connectivity index (χ0n) is 25.4. The Morgan fingerprint density at radius 2 is 0.854 bits per heavy atom. The summed E-state index contributed by atoms with van der Waals surface area (Å²) in [6.45, 7) is 0.429. The molecule has 0 aliphatic carbocycles. The highest BCUT2D eigenvalue weighted by atomic mass is 16.5. The Morgan fingerprint density at radius 3 is 1.46 bits per heavy atom. The maximum absolute atomic E-state index is 13.4. The third kappa shape index (κ3) is 5.41. The third-order valence-corrected chi connectivity index (χ3v) is 8.18. The molecule has 8 rings (SSSR count). The van der Waals surface area contributed by atoms with Crippen LogP contribution in [0.1, 0.15) is 36.6 Å². The maximum Gasteiger partial charge on any atom is 0.266 e. The molecule has 48 heavy (non-hydrogen) atoms. The van der Waals surface area contributed by atoms with Gasteiger partial charge in [-0.1, -0.05) is 42.5 Å². The highest BCUT2D eigenvalue weighted by Crippen LogP contribution is 2.36. The standard InChI is InChI=1S/C40H26N2O6/c43-38-36-23-33(16-11-26(36)25-41(38)27-12-17-31(18-13-27)46-29-7-3-1-4-8-29)48-34-21-22-35-37(24-34)40(45)42(39(35)44)28-14-19-32(20-15-28)47-30-9-5-2-6-10-30/h1-24H,25H2. The molecule has 232 valence electrons. The van der Waals surface area contributed by atoms with Crippen molar-refractivity contribution in [3.8, 4) is 34.5 Å². The molecule has 6 aromatic rings. The lowest BCUT2D eigenvalue weighted by Gasteiger charge is -2.16. The number of carbonyl (C=O) groups excluding carboxylic acids is 3. The molecule has 2 aliphatic rings. The van der Waals surface area contributed by atoms with Crippen LogP contribution in [0.25, 0.3) is 0 Å². The number of benzene rings is 6. The summed E-state index contributed by atoms with van der Waals surface area (Å²) in [5.74, 6) is 2.49. The fourth-order valence-corrected chi connectivity index (χ4v) is 5.81. The molecule has 3 amide bonds. The van der Waals surface area contributed by atoms with Crippen molar-refractivity contribution in [3.05, 3.63) is 168 Å². The highest BCUT2D eigenvalue weighted by molar-refractivity contribution is 6.34. The normalized spacial score (nSPS) is 13.4. The van der Waals surface area contributed by atoms with Crippen molar-refractivity contribution in [2.45, 2.75) is 6.54 Å². The Hall–Kier alpha value is -6.67. The number of anilines is 2. The van der Waals surface area contributed by atoms with E-state index in [2.05, 4.69) is 0 Å². The van der Waals surface area contributed by atoms with E-state index in [4.69, 9.17) is 14.2 Å². The number of hydrogen-bond donors (Lipinski definition) is 0. The molecule has 0 unspecified atom stereocenters. The van der Waals surface area contributed by atoms with Gasteiger partial charge in [-0.25, -0.2) is 4.90 Å². The number of para-hydroxylation sites is 2. The minimum atomic E-state index is -0.447. The van der Waals surface area contributed by atoms with Crippen LogP contribution in [-0.4, -0.2) is 17.7 Å². The summed E-state index contributed by atoms with van der Waals surface area (Å²) >= 11 is 0. The molecule has 2 aliphatic heterocycles. The lowest BCUT2D eigenvalue weighted by Crippen LogP contribution is -2.29. The predicted octanol–water partition coefficient (Wildman–Crippen LogP) is 9.02. The summed E-state index contributed by atoms with van der Waals surface area (Å²) in [6, 6.07) is 43.2. The molecule has 0 aromatic heterocycles. The van der Waals surface area contributed by atoms with Crippen molar-refractivity contribution in [2.75, 3.05) is 9.80 Å². The summed E-state index contributed by atoms with van der Waals surface area (Å²) in [4.78, 5) is 43.0. The van der Waals surface area contributed by atoms with Gasteiger partial charge in [0, 0.05) is 11.3 Å². The van der Waals surface area contributed by atoms with Gasteiger partial charge in [-0.05, 0) is 109 Å². The first-order valence-electron chi connectivity index (χ1n) is 15.3. The van der Waals surface area contributed by atoms with E-state index >= 15 is 0 Å². The van der Waals surface area contributed by atoms with E-state index in [1.807, 2.05) is 91.0 Å². The zero-order valence-corrected chi connectivity index (χ0v) is 25.4. The molecule has 0 spiro atoms. The first-order valence-corrected chi connectivity index (χ1v) is 15.3. The van der Waals surface area contributed by atoms with Gasteiger partial charge < -0.3 is 19.1 Å². The number of nitrogens with zero attached hydrogens (tertiary/aromatic N) is 2. The first kappa shape index (κ1) is 28.8. The van der Waals surface area contributed by atoms with E-state index in [1.54, 1.807) is 59.5 Å². The molecule has 0 fully saturated rings. The van der Waals surface area contributed by atoms with E-state index in [0.29, 0.717) is 46.5 Å². The molecule has 0 atom stereocenters. The van der Waals surface area contributed by atoms with Crippen molar-refractivity contribution in [3.63, 3.8) is 0 Å². The second-order valence-corrected chi connectivity index (χ2v) is 11.3. The van der Waals surface area contributed by atoms with Crippen molar-refractivity contribution < 1.29 is 28.6 Å². The van der Waals surface area contributed by atoms with Crippen LogP contribution in [0.4, 0.5) is 11.4 Å². The van der Waals surface area contributed by atoms with Crippen LogP contribution < -0.4 is 24.0 Å². The van der Waals surface area contributed by atoms with Gasteiger partial charge in [-0.3, -0.25) is 14.4 Å². The molecule has 0 radical (unpaired) electrons. The molecule has 2 heterocycles. The monoisotopic (exact) mass is 630 g/mol. The Labute approximate surface area is 276 Å². The largest absolute Gasteiger partial charge is 0.457 e. The quantitative estimate of drug-likeness (QED) is 0.156. The van der Waals surface area contributed by atoms with Gasteiger partial charge >= 0.3 is 0 Å². The van der Waals surface area contributed by atoms with Crippen molar-refractivity contribution in [1.29, 1.82) is 0 Å². The summed E-state index contributed by atoms with van der Waals surface area (Å²) in [5, 5.41) is 0. The highest BCUT2D eigenvalue weighted by Gasteiger charge is 2.37. The summed E-state index contributed by atoms with van der Waals surface area (Å²) in [7, 11) is 0. The van der Waals surface area contributed by atoms with Gasteiger partial charge in [0.05, 0.1) is 23.4 Å². The Morgan fingerprint density at radius 1 is 0.396 bits per heavy atom. The fourth-order valence-electron chi connectivity index (χ4n) is 5.81. The van der Waals surface area contributed by atoms with Crippen molar-refractivity contribution >= 4 is 29.1 Å². The molecule has 8 nitrogen and oxygen atoms in total. The number of ether oxygens (including phenoxy) is 3. The zero-order chi connectivity index (χ0) is 32.6. The van der Waals surface area contributed by atoms with Crippen molar-refractivity contribution in [1.82, 2.24) is 0 Å². The second-order valence-electron chi connectivity index (χ2n) is 11.3. The number of rotatable bonds is 8. The summed E-state index contributed by atoms with van der Waals surface area (Å²) in [5.41, 5.74) is 3.13. The third-order valence-electron chi connectivity index (χ3n) is 8.18. The van der Waals surface area contributed by atoms with E-state index in [1.165, 1.54) is 0 Å². The van der Waals surface area contributed by atoms with Gasteiger partial charge in [-0.2, -0.15) is 0 Å². The van der Waals surface area contributed by atoms with Crippen LogP contribution in [0.15, 0.2) is 146 Å². The average Bonchev–Trinajstić information content (AvgIpc) is 3.58. The van der Waals surface area contributed by atoms with Gasteiger partial charge in [0.25, 0.3) is 17.7 Å². The lowest BCUT2D eigenvalue weighted by atomic mass is 10.1. The molecule has 6 aromatic carbocycles. The van der Waals surface area contributed by atoms with Crippen LogP contribution in [0.2, 0.25) is 0 Å². The van der Waals surface area contributed by atoms with Crippen LogP contribution >= 0.6 is 0 Å². The number of carbonyl (C=O) groups is 3. The van der Waals surface area contributed by atoms with Crippen LogP contribution in [0.3, 0.4) is 0 Å². The minimum absolute atomic E-state index is 0.141. The maximum atomic E-state index is 13.4. The average molecular weight is 631 g/mol. The SMILES string of the molecule is O=C1c2cc(Oc3ccc4c(c3)C(=O)N(c3ccc(Oc5ccccc5)cc3)C4=O)ccc2CN1c1ccc(Oc2ccccc2)cc1. The smallest absolute Gasteiger partial charge is 0.266 e. The molecule has 0 bridgehead atoms. The number of imide groups is 1. The fraction of sp³-hybridized carbons (Fsp3) is 0.0250. The molecular weight excluding hydrogens is 604 g/mol. The number of hydrogen-bond acceptors (Lipinski definition) is 6. The van der Waals surface area contributed by atoms with Crippen molar-refractivity contribution in [2.24, 2.45) is 0 Å². The lowest BCUT2D eigenvalue weighted by molar-refractivity contribution is 0.0924. The van der Waals surface area contributed by atoms with E-state index in [0.717, 1.165) is 21.9 Å². The predicted molar refractivity (Wildman–Crippen MR) is 181 cm³/mol. The molecular formula is C40H26N2O6. The summed E-state index contributed by atoms with van der Waals surface area (Å²) in [6.07, 6.45) is 0. The van der Waals surface area contributed by atoms with E-state index < -0.39 is 11.8 Å². The Kier molecular flexibility index (Phi) is 7.15. The first-order chi connectivity index (χ1) is 23.5. The van der Waals surface area contributed by atoms with Gasteiger partial charge in [0.15, 0.2) is 0 Å². The topological polar surface area (TPSA) is 85.4 Å². The van der Waals surface area contributed by atoms with Gasteiger partial charge in [-0.15, -0.1) is 0 Å². The van der Waals surface area contributed by atoms with Crippen LogP contribution in [0.5, 0.6) is 34.5 Å². The Balaban J connectivity index is 0.954. The van der Waals surface area contributed by atoms with Gasteiger partial charge in [0.2, 0.25) is 0 Å². The van der Waals surface area contributed by atoms with Gasteiger partial charge in [0.1, 0.15) is 34.5 Å². The summed E-state index contributed by atoms with van der Waals surface area (Å²) < 4.78 is 17.8. The van der Waals surface area contributed by atoms with E-state index in [9.17, 15) is 14.4 Å². The molecule has 0 saturated heterocycles. The van der Waals surface area contributed by atoms with Crippen LogP contribution in [0, 0.1) is 0 Å². The number of fused-ring (bicyclic) bond motifs is 2. The molecule has 8 heteroatoms. The second kappa shape index (κ2) is 11.9. The minimum Gasteiger partial charge on any atom is -0.457 e. The van der Waals surface area contributed by atoms with E-state index in [-0.39, 0.29) is 17.0 Å². The molecule has 0 saturated carbocycles. The van der Waals surface area contributed by atoms with Crippen LogP contribution in [-0.2, 0) is 6.54 Å². The Bertz CT molecular complexity index is 2180.